The van der Waals surface area contributed by atoms with Crippen LogP contribution < -0.4 is 4.74 Å². The van der Waals surface area contributed by atoms with Crippen LogP contribution >= 0.6 is 34.8 Å². The van der Waals surface area contributed by atoms with Gasteiger partial charge in [-0.05, 0) is 37.6 Å². The maximum absolute atomic E-state index is 5.89. The maximum Gasteiger partial charge on any atom is 0.242 e. The number of hydrogen-bond acceptors (Lipinski definition) is 3. The van der Waals surface area contributed by atoms with Crippen molar-refractivity contribution in [2.24, 2.45) is 0 Å². The van der Waals surface area contributed by atoms with Crippen LogP contribution in [-0.4, -0.2) is 10.2 Å². The monoisotopic (exact) mass is 302 g/mol. The van der Waals surface area contributed by atoms with Gasteiger partial charge in [0, 0.05) is 15.6 Å². The van der Waals surface area contributed by atoms with Crippen molar-refractivity contribution in [2.45, 2.75) is 13.8 Å². The highest BCUT2D eigenvalue weighted by atomic mass is 35.5. The van der Waals surface area contributed by atoms with Crippen LogP contribution in [0.25, 0.3) is 0 Å². The molecule has 1 heterocycles. The lowest BCUT2D eigenvalue weighted by Crippen LogP contribution is -1.97. The first-order valence-electron chi connectivity index (χ1n) is 5.10. The molecule has 0 unspecified atom stereocenters. The van der Waals surface area contributed by atoms with Crippen LogP contribution in [0.2, 0.25) is 15.2 Å². The summed E-state index contributed by atoms with van der Waals surface area (Å²) >= 11 is 17.7. The first-order valence-corrected chi connectivity index (χ1v) is 6.24. The van der Waals surface area contributed by atoms with Crippen LogP contribution in [0.3, 0.4) is 0 Å². The minimum absolute atomic E-state index is 0.365. The summed E-state index contributed by atoms with van der Waals surface area (Å²) in [5, 5.41) is 9.06. The highest BCUT2D eigenvalue weighted by Gasteiger charge is 2.10. The molecule has 94 valence electrons. The van der Waals surface area contributed by atoms with Gasteiger partial charge in [0.15, 0.2) is 5.15 Å². The van der Waals surface area contributed by atoms with E-state index in [0.29, 0.717) is 26.8 Å². The third kappa shape index (κ3) is 2.86. The number of hydrogen-bond donors (Lipinski definition) is 0. The Morgan fingerprint density at radius 2 is 1.50 bits per heavy atom. The van der Waals surface area contributed by atoms with Crippen LogP contribution in [0.5, 0.6) is 11.6 Å². The van der Waals surface area contributed by atoms with Gasteiger partial charge < -0.3 is 4.74 Å². The molecule has 0 aliphatic heterocycles. The second-order valence-corrected chi connectivity index (χ2v) is 4.98. The van der Waals surface area contributed by atoms with Crippen molar-refractivity contribution in [3.05, 3.63) is 44.5 Å². The molecule has 0 aliphatic carbocycles. The van der Waals surface area contributed by atoms with Crippen molar-refractivity contribution in [1.82, 2.24) is 10.2 Å². The average molecular weight is 304 g/mol. The summed E-state index contributed by atoms with van der Waals surface area (Å²) in [6, 6.07) is 4.93. The molecule has 0 amide bonds. The van der Waals surface area contributed by atoms with Gasteiger partial charge >= 0.3 is 0 Å². The number of rotatable bonds is 2. The molecule has 1 aromatic heterocycles. The van der Waals surface area contributed by atoms with Gasteiger partial charge in [-0.3, -0.25) is 0 Å². The standard InChI is InChI=1S/C12H9Cl3N2O/c1-6-7(2)12(17-16-11(6)15)18-10-4-8(13)3-9(14)5-10/h3-5H,1-2H3. The number of aromatic nitrogens is 2. The molecule has 0 N–H and O–H groups in total. The van der Waals surface area contributed by atoms with E-state index in [2.05, 4.69) is 10.2 Å². The van der Waals surface area contributed by atoms with Gasteiger partial charge in [0.05, 0.1) is 0 Å². The molecule has 3 nitrogen and oxygen atoms in total. The van der Waals surface area contributed by atoms with Crippen molar-refractivity contribution in [2.75, 3.05) is 0 Å². The van der Waals surface area contributed by atoms with Gasteiger partial charge in [-0.15, -0.1) is 10.2 Å². The molecule has 0 radical (unpaired) electrons. The Morgan fingerprint density at radius 1 is 0.889 bits per heavy atom. The van der Waals surface area contributed by atoms with Crippen LogP contribution in [0.4, 0.5) is 0 Å². The number of nitrogens with zero attached hydrogens (tertiary/aromatic N) is 2. The zero-order chi connectivity index (χ0) is 13.3. The highest BCUT2D eigenvalue weighted by Crippen LogP contribution is 2.30. The molecule has 0 bridgehead atoms. The SMILES string of the molecule is Cc1c(Cl)nnc(Oc2cc(Cl)cc(Cl)c2)c1C. The zero-order valence-corrected chi connectivity index (χ0v) is 11.9. The van der Waals surface area contributed by atoms with E-state index in [9.17, 15) is 0 Å². The molecule has 0 spiro atoms. The molecule has 1 aromatic carbocycles. The fraction of sp³-hybridized carbons (Fsp3) is 0.167. The van der Waals surface area contributed by atoms with E-state index in [4.69, 9.17) is 39.5 Å². The molecule has 0 aliphatic rings. The van der Waals surface area contributed by atoms with E-state index in [1.165, 1.54) is 0 Å². The molecule has 0 fully saturated rings. The molecule has 0 atom stereocenters. The van der Waals surface area contributed by atoms with Gasteiger partial charge in [-0.25, -0.2) is 0 Å². The van der Waals surface area contributed by atoms with Crippen molar-refractivity contribution >= 4 is 34.8 Å². The van der Waals surface area contributed by atoms with Gasteiger partial charge in [0.2, 0.25) is 5.88 Å². The van der Waals surface area contributed by atoms with Crippen LogP contribution in [0.1, 0.15) is 11.1 Å². The summed E-state index contributed by atoms with van der Waals surface area (Å²) in [7, 11) is 0. The molecular weight excluding hydrogens is 295 g/mol. The Kier molecular flexibility index (Phi) is 3.95. The molecule has 2 rings (SSSR count). The Morgan fingerprint density at radius 3 is 2.11 bits per heavy atom. The van der Waals surface area contributed by atoms with Crippen molar-refractivity contribution < 1.29 is 4.74 Å². The Hall–Kier alpha value is -1.03. The van der Waals surface area contributed by atoms with Crippen molar-refractivity contribution in [3.8, 4) is 11.6 Å². The number of ether oxygens (including phenoxy) is 1. The highest BCUT2D eigenvalue weighted by molar-refractivity contribution is 6.34. The summed E-state index contributed by atoms with van der Waals surface area (Å²) in [6.45, 7) is 3.71. The first-order chi connectivity index (χ1) is 8.47. The smallest absolute Gasteiger partial charge is 0.242 e. The van der Waals surface area contributed by atoms with Crippen LogP contribution in [0, 0.1) is 13.8 Å². The van der Waals surface area contributed by atoms with Crippen LogP contribution in [0.15, 0.2) is 18.2 Å². The fourth-order valence-electron chi connectivity index (χ4n) is 1.35. The normalized spacial score (nSPS) is 10.5. The maximum atomic E-state index is 5.89. The van der Waals surface area contributed by atoms with Gasteiger partial charge in [-0.1, -0.05) is 34.8 Å². The second kappa shape index (κ2) is 5.31. The first kappa shape index (κ1) is 13.4. The van der Waals surface area contributed by atoms with E-state index < -0.39 is 0 Å². The minimum Gasteiger partial charge on any atom is -0.437 e. The van der Waals surface area contributed by atoms with E-state index in [1.54, 1.807) is 18.2 Å². The lowest BCUT2D eigenvalue weighted by molar-refractivity contribution is 0.450. The predicted octanol–water partition coefficient (Wildman–Crippen LogP) is 4.85. The molecular formula is C12H9Cl3N2O. The van der Waals surface area contributed by atoms with Gasteiger partial charge in [-0.2, -0.15) is 0 Å². The zero-order valence-electron chi connectivity index (χ0n) is 9.67. The molecule has 6 heteroatoms. The number of benzene rings is 1. The third-order valence-corrected chi connectivity index (χ3v) is 3.27. The summed E-state index contributed by atoms with van der Waals surface area (Å²) in [5.41, 5.74) is 1.65. The topological polar surface area (TPSA) is 35.0 Å². The Labute approximate surface area is 120 Å². The third-order valence-electron chi connectivity index (χ3n) is 2.47. The lowest BCUT2D eigenvalue weighted by atomic mass is 10.2. The van der Waals surface area contributed by atoms with E-state index in [0.717, 1.165) is 11.1 Å². The molecule has 18 heavy (non-hydrogen) atoms. The molecule has 0 saturated carbocycles. The van der Waals surface area contributed by atoms with Crippen LogP contribution in [-0.2, 0) is 0 Å². The van der Waals surface area contributed by atoms with Gasteiger partial charge in [0.1, 0.15) is 5.75 Å². The summed E-state index contributed by atoms with van der Waals surface area (Å²) in [5.74, 6) is 0.891. The molecule has 2 aromatic rings. The Bertz CT molecular complexity index is 582. The summed E-state index contributed by atoms with van der Waals surface area (Å²) in [6.07, 6.45) is 0. The lowest BCUT2D eigenvalue weighted by Gasteiger charge is -2.09. The fourth-order valence-corrected chi connectivity index (χ4v) is 2.04. The summed E-state index contributed by atoms with van der Waals surface area (Å²) < 4.78 is 5.61. The minimum atomic E-state index is 0.365. The van der Waals surface area contributed by atoms with Gasteiger partial charge in [0.25, 0.3) is 0 Å². The molecule has 0 saturated heterocycles. The Balaban J connectivity index is 2.37. The summed E-state index contributed by atoms with van der Waals surface area (Å²) in [4.78, 5) is 0. The number of halogens is 3. The van der Waals surface area contributed by atoms with E-state index in [1.807, 2.05) is 13.8 Å². The van der Waals surface area contributed by atoms with Crippen molar-refractivity contribution in [3.63, 3.8) is 0 Å². The van der Waals surface area contributed by atoms with E-state index >= 15 is 0 Å². The second-order valence-electron chi connectivity index (χ2n) is 3.75. The van der Waals surface area contributed by atoms with Crippen molar-refractivity contribution in [1.29, 1.82) is 0 Å². The largest absolute Gasteiger partial charge is 0.437 e. The predicted molar refractivity (Wildman–Crippen MR) is 73.1 cm³/mol. The average Bonchev–Trinajstić information content (AvgIpc) is 2.29. The quantitative estimate of drug-likeness (QED) is 0.795. The van der Waals surface area contributed by atoms with E-state index in [-0.39, 0.29) is 0 Å².